The molecule has 0 saturated carbocycles. The first kappa shape index (κ1) is 11.6. The van der Waals surface area contributed by atoms with E-state index >= 15 is 0 Å². The van der Waals surface area contributed by atoms with E-state index in [1.165, 1.54) is 12.0 Å². The van der Waals surface area contributed by atoms with E-state index in [9.17, 15) is 9.59 Å². The van der Waals surface area contributed by atoms with Gasteiger partial charge in [-0.25, -0.2) is 4.79 Å². The maximum atomic E-state index is 11.9. The quantitative estimate of drug-likeness (QED) is 0.502. The molecule has 2 rings (SSSR count). The predicted octanol–water partition coefficient (Wildman–Crippen LogP) is 1.38. The summed E-state index contributed by atoms with van der Waals surface area (Å²) < 4.78 is 4.49. The monoisotopic (exact) mass is 233 g/mol. The highest BCUT2D eigenvalue weighted by Crippen LogP contribution is 2.29. The van der Waals surface area contributed by atoms with Crippen molar-refractivity contribution in [2.45, 2.75) is 13.3 Å². The van der Waals surface area contributed by atoms with Crippen molar-refractivity contribution in [3.05, 3.63) is 29.8 Å². The molecule has 0 N–H and O–H groups in total. The lowest BCUT2D eigenvalue weighted by Gasteiger charge is -2.32. The van der Waals surface area contributed by atoms with Crippen LogP contribution in [0.25, 0.3) is 0 Å². The number of methoxy groups -OCH3 is 1. The van der Waals surface area contributed by atoms with Gasteiger partial charge in [-0.15, -0.1) is 0 Å². The van der Waals surface area contributed by atoms with Crippen molar-refractivity contribution >= 4 is 17.6 Å². The number of carbonyl (C=O) groups excluding carboxylic acids is 2. The minimum Gasteiger partial charge on any atom is -0.462 e. The molecule has 0 fully saturated rings. The summed E-state index contributed by atoms with van der Waals surface area (Å²) in [5.74, 6) is -1.06. The third kappa shape index (κ3) is 2.16. The predicted molar refractivity (Wildman–Crippen MR) is 63.7 cm³/mol. The number of carbonyl (C=O) groups is 2. The highest BCUT2D eigenvalue weighted by molar-refractivity contribution is 6.38. The van der Waals surface area contributed by atoms with Crippen LogP contribution >= 0.6 is 0 Å². The van der Waals surface area contributed by atoms with Gasteiger partial charge in [-0.1, -0.05) is 25.1 Å². The molecule has 1 aliphatic heterocycles. The molecular formula is C13H15NO3. The number of anilines is 1. The molecule has 0 bridgehead atoms. The Morgan fingerprint density at radius 2 is 2.06 bits per heavy atom. The van der Waals surface area contributed by atoms with E-state index in [2.05, 4.69) is 11.7 Å². The lowest BCUT2D eigenvalue weighted by Crippen LogP contribution is -2.43. The smallest absolute Gasteiger partial charge is 0.397 e. The summed E-state index contributed by atoms with van der Waals surface area (Å²) in [6.07, 6.45) is 0.932. The van der Waals surface area contributed by atoms with E-state index in [4.69, 9.17) is 0 Å². The minimum absolute atomic E-state index is 0.346. The average Bonchev–Trinajstić information content (AvgIpc) is 2.35. The highest BCUT2D eigenvalue weighted by atomic mass is 16.5. The maximum Gasteiger partial charge on any atom is 0.397 e. The van der Waals surface area contributed by atoms with Crippen molar-refractivity contribution in [3.8, 4) is 0 Å². The van der Waals surface area contributed by atoms with Crippen LogP contribution in [-0.4, -0.2) is 25.5 Å². The lowest BCUT2D eigenvalue weighted by molar-refractivity contribution is -0.151. The number of amides is 1. The number of benzene rings is 1. The fourth-order valence-electron chi connectivity index (χ4n) is 2.19. The van der Waals surface area contributed by atoms with Gasteiger partial charge in [0.1, 0.15) is 0 Å². The normalized spacial score (nSPS) is 18.5. The van der Waals surface area contributed by atoms with Crippen LogP contribution in [0.2, 0.25) is 0 Å². The van der Waals surface area contributed by atoms with Crippen molar-refractivity contribution < 1.29 is 14.3 Å². The number of hydrogen-bond acceptors (Lipinski definition) is 3. The van der Waals surface area contributed by atoms with Gasteiger partial charge in [0.15, 0.2) is 0 Å². The second-order valence-corrected chi connectivity index (χ2v) is 4.35. The molecule has 1 heterocycles. The first-order valence-corrected chi connectivity index (χ1v) is 5.61. The van der Waals surface area contributed by atoms with Crippen LogP contribution in [-0.2, 0) is 20.7 Å². The molecule has 1 aromatic rings. The fraction of sp³-hybridized carbons (Fsp3) is 0.385. The van der Waals surface area contributed by atoms with Crippen LogP contribution in [0.4, 0.5) is 5.69 Å². The van der Waals surface area contributed by atoms with E-state index in [0.717, 1.165) is 17.7 Å². The molecule has 0 spiro atoms. The molecule has 0 radical (unpaired) electrons. The second kappa shape index (κ2) is 4.57. The highest BCUT2D eigenvalue weighted by Gasteiger charge is 2.30. The average molecular weight is 233 g/mol. The van der Waals surface area contributed by atoms with Crippen LogP contribution in [0.3, 0.4) is 0 Å². The largest absolute Gasteiger partial charge is 0.462 e. The van der Waals surface area contributed by atoms with Gasteiger partial charge in [0, 0.05) is 12.2 Å². The van der Waals surface area contributed by atoms with Gasteiger partial charge < -0.3 is 9.64 Å². The van der Waals surface area contributed by atoms with Crippen LogP contribution in [0.1, 0.15) is 12.5 Å². The molecule has 1 aromatic carbocycles. The Labute approximate surface area is 100 Å². The van der Waals surface area contributed by atoms with Crippen molar-refractivity contribution in [2.24, 2.45) is 5.92 Å². The molecule has 90 valence electrons. The van der Waals surface area contributed by atoms with E-state index in [-0.39, 0.29) is 0 Å². The molecule has 0 saturated heterocycles. The van der Waals surface area contributed by atoms with Gasteiger partial charge in [0.2, 0.25) is 0 Å². The van der Waals surface area contributed by atoms with E-state index < -0.39 is 11.9 Å². The van der Waals surface area contributed by atoms with Gasteiger partial charge >= 0.3 is 11.9 Å². The number of rotatable bonds is 0. The van der Waals surface area contributed by atoms with Gasteiger partial charge in [0.25, 0.3) is 0 Å². The molecule has 1 atom stereocenters. The zero-order chi connectivity index (χ0) is 12.4. The topological polar surface area (TPSA) is 46.6 Å². The summed E-state index contributed by atoms with van der Waals surface area (Å²) in [6.45, 7) is 2.62. The van der Waals surface area contributed by atoms with E-state index in [1.807, 2.05) is 24.3 Å². The molecule has 1 unspecified atom stereocenters. The molecule has 4 heteroatoms. The van der Waals surface area contributed by atoms with Crippen LogP contribution in [0.5, 0.6) is 0 Å². The SMILES string of the molecule is COC(=O)C(=O)N1CC(C)Cc2ccccc21. The fourth-order valence-corrected chi connectivity index (χ4v) is 2.19. The number of nitrogens with zero attached hydrogens (tertiary/aromatic N) is 1. The van der Waals surface area contributed by atoms with Gasteiger partial charge in [-0.05, 0) is 24.0 Å². The number of para-hydroxylation sites is 1. The zero-order valence-corrected chi connectivity index (χ0v) is 9.97. The number of ether oxygens (including phenoxy) is 1. The van der Waals surface area contributed by atoms with Crippen molar-refractivity contribution in [1.29, 1.82) is 0 Å². The van der Waals surface area contributed by atoms with Gasteiger partial charge in [-0.2, -0.15) is 0 Å². The summed E-state index contributed by atoms with van der Waals surface area (Å²) in [7, 11) is 1.22. The molecular weight excluding hydrogens is 218 g/mol. The van der Waals surface area contributed by atoms with Gasteiger partial charge in [-0.3, -0.25) is 4.79 Å². The standard InChI is InChI=1S/C13H15NO3/c1-9-7-10-5-3-4-6-11(10)14(8-9)12(15)13(16)17-2/h3-6,9H,7-8H2,1-2H3. The Morgan fingerprint density at radius 3 is 2.76 bits per heavy atom. The molecule has 0 aliphatic carbocycles. The minimum atomic E-state index is -0.811. The van der Waals surface area contributed by atoms with Crippen LogP contribution < -0.4 is 4.90 Å². The Morgan fingerprint density at radius 1 is 1.35 bits per heavy atom. The first-order chi connectivity index (χ1) is 8.13. The third-order valence-corrected chi connectivity index (χ3v) is 2.95. The molecule has 1 amide bonds. The van der Waals surface area contributed by atoms with Crippen molar-refractivity contribution in [3.63, 3.8) is 0 Å². The molecule has 0 aromatic heterocycles. The molecule has 4 nitrogen and oxygen atoms in total. The summed E-state index contributed by atoms with van der Waals surface area (Å²) in [6, 6.07) is 7.66. The summed E-state index contributed by atoms with van der Waals surface area (Å²) in [5.41, 5.74) is 1.92. The molecule has 1 aliphatic rings. The van der Waals surface area contributed by atoms with E-state index in [1.54, 1.807) is 0 Å². The summed E-state index contributed by atoms with van der Waals surface area (Å²) in [4.78, 5) is 24.7. The van der Waals surface area contributed by atoms with Crippen LogP contribution in [0, 0.1) is 5.92 Å². The Bertz CT molecular complexity index is 456. The van der Waals surface area contributed by atoms with Gasteiger partial charge in [0.05, 0.1) is 7.11 Å². The number of fused-ring (bicyclic) bond motifs is 1. The summed E-state index contributed by atoms with van der Waals surface area (Å²) in [5, 5.41) is 0. The second-order valence-electron chi connectivity index (χ2n) is 4.35. The van der Waals surface area contributed by atoms with Crippen molar-refractivity contribution in [1.82, 2.24) is 0 Å². The maximum absolute atomic E-state index is 11.9. The lowest BCUT2D eigenvalue weighted by atomic mass is 9.94. The van der Waals surface area contributed by atoms with Crippen molar-refractivity contribution in [2.75, 3.05) is 18.6 Å². The Hall–Kier alpha value is -1.84. The zero-order valence-electron chi connectivity index (χ0n) is 9.97. The number of esters is 1. The first-order valence-electron chi connectivity index (χ1n) is 5.61. The Kier molecular flexibility index (Phi) is 3.13. The molecule has 17 heavy (non-hydrogen) atoms. The summed E-state index contributed by atoms with van der Waals surface area (Å²) >= 11 is 0. The Balaban J connectivity index is 2.36. The number of hydrogen-bond donors (Lipinski definition) is 0. The van der Waals surface area contributed by atoms with Crippen LogP contribution in [0.15, 0.2) is 24.3 Å². The third-order valence-electron chi connectivity index (χ3n) is 2.95. The van der Waals surface area contributed by atoms with E-state index in [0.29, 0.717) is 12.5 Å².